The minimum absolute atomic E-state index is 0.390. The Bertz CT molecular complexity index is 831. The van der Waals surface area contributed by atoms with Gasteiger partial charge in [0.1, 0.15) is 0 Å². The molecular formula is C14H8Cl4N4. The number of hydrogen-bond acceptors (Lipinski definition) is 3. The second kappa shape index (κ2) is 6.42. The van der Waals surface area contributed by atoms with Gasteiger partial charge in [0.15, 0.2) is 5.82 Å². The molecule has 0 bridgehead atoms. The Morgan fingerprint density at radius 1 is 0.955 bits per heavy atom. The lowest BCUT2D eigenvalue weighted by Crippen LogP contribution is -2.05. The molecule has 0 saturated heterocycles. The van der Waals surface area contributed by atoms with E-state index >= 15 is 0 Å². The minimum atomic E-state index is 0.390. The Morgan fingerprint density at radius 3 is 2.55 bits per heavy atom. The normalized spacial score (nSPS) is 10.9. The van der Waals surface area contributed by atoms with Crippen molar-refractivity contribution < 1.29 is 0 Å². The molecule has 4 nitrogen and oxygen atoms in total. The van der Waals surface area contributed by atoms with Crippen LogP contribution in [0.5, 0.6) is 0 Å². The monoisotopic (exact) mass is 372 g/mol. The largest absolute Gasteiger partial charge is 0.221 e. The van der Waals surface area contributed by atoms with Crippen LogP contribution in [-0.4, -0.2) is 20.2 Å². The van der Waals surface area contributed by atoms with E-state index < -0.39 is 0 Å². The van der Waals surface area contributed by atoms with Crippen LogP contribution in [0, 0.1) is 0 Å². The van der Waals surface area contributed by atoms with Crippen LogP contribution < -0.4 is 0 Å². The quantitative estimate of drug-likeness (QED) is 0.648. The summed E-state index contributed by atoms with van der Waals surface area (Å²) in [4.78, 5) is 0. The average Bonchev–Trinajstić information content (AvgIpc) is 2.93. The highest BCUT2D eigenvalue weighted by atomic mass is 35.5. The van der Waals surface area contributed by atoms with Crippen LogP contribution in [0.2, 0.25) is 20.1 Å². The number of benzene rings is 2. The average molecular weight is 374 g/mol. The second-order valence-electron chi connectivity index (χ2n) is 4.50. The van der Waals surface area contributed by atoms with E-state index in [2.05, 4.69) is 15.5 Å². The summed E-state index contributed by atoms with van der Waals surface area (Å²) < 4.78 is 1.60. The lowest BCUT2D eigenvalue weighted by atomic mass is 10.2. The number of aromatic nitrogens is 4. The van der Waals surface area contributed by atoms with Crippen LogP contribution >= 0.6 is 46.4 Å². The molecule has 2 aromatic carbocycles. The Kier molecular flexibility index (Phi) is 4.54. The molecular weight excluding hydrogens is 366 g/mol. The number of nitrogens with zero attached hydrogens (tertiary/aromatic N) is 4. The van der Waals surface area contributed by atoms with Crippen molar-refractivity contribution in [1.29, 1.82) is 0 Å². The van der Waals surface area contributed by atoms with E-state index in [1.54, 1.807) is 35.0 Å². The standard InChI is InChI=1S/C14H8Cl4N4/c15-9-5-4-8(12(17)6-9)7-22-14(19-20-21-22)10-2-1-3-11(16)13(10)18/h1-6H,7H2. The molecule has 0 amide bonds. The van der Waals surface area contributed by atoms with Gasteiger partial charge in [-0.15, -0.1) is 5.10 Å². The second-order valence-corrected chi connectivity index (χ2v) is 6.13. The van der Waals surface area contributed by atoms with Gasteiger partial charge in [0, 0.05) is 15.6 Å². The van der Waals surface area contributed by atoms with Crippen molar-refractivity contribution in [2.45, 2.75) is 6.54 Å². The summed E-state index contributed by atoms with van der Waals surface area (Å²) >= 11 is 24.4. The van der Waals surface area contributed by atoms with E-state index in [1.807, 2.05) is 6.07 Å². The van der Waals surface area contributed by atoms with Crippen LogP contribution in [0.3, 0.4) is 0 Å². The van der Waals surface area contributed by atoms with Crippen molar-refractivity contribution >= 4 is 46.4 Å². The zero-order valence-corrected chi connectivity index (χ0v) is 14.0. The van der Waals surface area contributed by atoms with Crippen molar-refractivity contribution in [3.63, 3.8) is 0 Å². The topological polar surface area (TPSA) is 43.6 Å². The zero-order chi connectivity index (χ0) is 15.7. The van der Waals surface area contributed by atoms with Gasteiger partial charge in [-0.1, -0.05) is 58.5 Å². The fraction of sp³-hybridized carbons (Fsp3) is 0.0714. The molecule has 0 N–H and O–H groups in total. The Morgan fingerprint density at radius 2 is 1.77 bits per heavy atom. The molecule has 1 heterocycles. The summed E-state index contributed by atoms with van der Waals surface area (Å²) in [5.74, 6) is 0.513. The number of tetrazole rings is 1. The molecule has 22 heavy (non-hydrogen) atoms. The van der Waals surface area contributed by atoms with Gasteiger partial charge in [-0.25, -0.2) is 4.68 Å². The first-order valence-corrected chi connectivity index (χ1v) is 7.72. The smallest absolute Gasteiger partial charge is 0.183 e. The van der Waals surface area contributed by atoms with E-state index in [1.165, 1.54) is 0 Å². The van der Waals surface area contributed by atoms with Gasteiger partial charge in [0.05, 0.1) is 16.6 Å². The molecule has 0 aliphatic carbocycles. The Hall–Kier alpha value is -1.33. The highest BCUT2D eigenvalue weighted by molar-refractivity contribution is 6.43. The first-order valence-electron chi connectivity index (χ1n) is 6.20. The third-order valence-electron chi connectivity index (χ3n) is 3.06. The third-order valence-corrected chi connectivity index (χ3v) is 4.47. The lowest BCUT2D eigenvalue weighted by molar-refractivity contribution is 0.653. The maximum atomic E-state index is 6.23. The van der Waals surface area contributed by atoms with Crippen LogP contribution in [-0.2, 0) is 6.54 Å². The first kappa shape index (κ1) is 15.6. The summed E-state index contributed by atoms with van der Waals surface area (Å²) in [6.07, 6.45) is 0. The summed E-state index contributed by atoms with van der Waals surface area (Å²) in [6, 6.07) is 10.6. The summed E-state index contributed by atoms with van der Waals surface area (Å²) in [6.45, 7) is 0.390. The van der Waals surface area contributed by atoms with Crippen molar-refractivity contribution in [2.24, 2.45) is 0 Å². The summed E-state index contributed by atoms with van der Waals surface area (Å²) in [5, 5.41) is 13.7. The summed E-state index contributed by atoms with van der Waals surface area (Å²) in [5.41, 5.74) is 1.50. The lowest BCUT2D eigenvalue weighted by Gasteiger charge is -2.08. The van der Waals surface area contributed by atoms with Crippen molar-refractivity contribution in [2.75, 3.05) is 0 Å². The van der Waals surface area contributed by atoms with E-state index in [0.29, 0.717) is 38.0 Å². The molecule has 0 saturated carbocycles. The molecule has 0 unspecified atom stereocenters. The van der Waals surface area contributed by atoms with Gasteiger partial charge in [0.2, 0.25) is 0 Å². The van der Waals surface area contributed by atoms with Gasteiger partial charge in [-0.05, 0) is 40.3 Å². The van der Waals surface area contributed by atoms with Gasteiger partial charge in [-0.2, -0.15) is 0 Å². The number of rotatable bonds is 3. The Balaban J connectivity index is 2.01. The molecule has 0 aliphatic heterocycles. The first-order chi connectivity index (χ1) is 10.6. The Labute approximate surface area is 146 Å². The zero-order valence-electron chi connectivity index (χ0n) is 11.0. The molecule has 8 heteroatoms. The van der Waals surface area contributed by atoms with Crippen LogP contribution in [0.1, 0.15) is 5.56 Å². The van der Waals surface area contributed by atoms with Crippen LogP contribution in [0.25, 0.3) is 11.4 Å². The van der Waals surface area contributed by atoms with Gasteiger partial charge < -0.3 is 0 Å². The predicted octanol–water partition coefficient (Wildman–Crippen LogP) is 5.00. The van der Waals surface area contributed by atoms with Crippen LogP contribution in [0.15, 0.2) is 36.4 Å². The molecule has 3 rings (SSSR count). The SMILES string of the molecule is Clc1ccc(Cn2nnnc2-c2cccc(Cl)c2Cl)c(Cl)c1. The molecule has 0 radical (unpaired) electrons. The molecule has 0 fully saturated rings. The highest BCUT2D eigenvalue weighted by Crippen LogP contribution is 2.32. The van der Waals surface area contributed by atoms with E-state index in [-0.39, 0.29) is 0 Å². The van der Waals surface area contributed by atoms with Gasteiger partial charge in [-0.3, -0.25) is 0 Å². The third kappa shape index (κ3) is 3.06. The van der Waals surface area contributed by atoms with E-state index in [9.17, 15) is 0 Å². The molecule has 0 atom stereocenters. The van der Waals surface area contributed by atoms with Gasteiger partial charge in [0.25, 0.3) is 0 Å². The summed E-state index contributed by atoms with van der Waals surface area (Å²) in [7, 11) is 0. The fourth-order valence-corrected chi connectivity index (χ4v) is 2.85. The van der Waals surface area contributed by atoms with E-state index in [4.69, 9.17) is 46.4 Å². The molecule has 112 valence electrons. The maximum Gasteiger partial charge on any atom is 0.183 e. The highest BCUT2D eigenvalue weighted by Gasteiger charge is 2.15. The van der Waals surface area contributed by atoms with Crippen molar-refractivity contribution in [3.05, 3.63) is 62.1 Å². The minimum Gasteiger partial charge on any atom is -0.221 e. The van der Waals surface area contributed by atoms with E-state index in [0.717, 1.165) is 5.56 Å². The van der Waals surface area contributed by atoms with Crippen molar-refractivity contribution in [1.82, 2.24) is 20.2 Å². The molecule has 0 aliphatic rings. The van der Waals surface area contributed by atoms with Crippen LogP contribution in [0.4, 0.5) is 0 Å². The number of halogens is 4. The molecule has 0 spiro atoms. The molecule has 1 aromatic heterocycles. The number of hydrogen-bond donors (Lipinski definition) is 0. The van der Waals surface area contributed by atoms with Crippen molar-refractivity contribution in [3.8, 4) is 11.4 Å². The molecule has 3 aromatic rings. The fourth-order valence-electron chi connectivity index (χ4n) is 1.99. The predicted molar refractivity (Wildman–Crippen MR) is 88.8 cm³/mol. The van der Waals surface area contributed by atoms with Gasteiger partial charge >= 0.3 is 0 Å². The maximum absolute atomic E-state index is 6.23.